The molecular weight excluding hydrogens is 504 g/mol. The molecule has 2 aliphatic rings. The van der Waals surface area contributed by atoms with E-state index in [0.29, 0.717) is 24.6 Å². The number of methoxy groups -OCH3 is 1. The minimum Gasteiger partial charge on any atom is -0.383 e. The summed E-state index contributed by atoms with van der Waals surface area (Å²) in [7, 11) is -1.90. The van der Waals surface area contributed by atoms with Crippen molar-refractivity contribution < 1.29 is 13.2 Å². The highest BCUT2D eigenvalue weighted by molar-refractivity contribution is 7.89. The Morgan fingerprint density at radius 1 is 0.946 bits per heavy atom. The molecule has 0 saturated carbocycles. The summed E-state index contributed by atoms with van der Waals surface area (Å²) in [5.41, 5.74) is 5.26. The summed E-state index contributed by atoms with van der Waals surface area (Å²) in [5.74, 6) is 0.163. The lowest BCUT2D eigenvalue weighted by Crippen LogP contribution is -2.67. The maximum atomic E-state index is 13.7. The van der Waals surface area contributed by atoms with E-state index in [0.717, 1.165) is 33.8 Å². The van der Waals surface area contributed by atoms with Crippen LogP contribution in [0.25, 0.3) is 11.1 Å². The molecule has 194 valence electrons. The van der Waals surface area contributed by atoms with E-state index in [1.54, 1.807) is 23.5 Å². The smallest absolute Gasteiger partial charge is 0.243 e. The largest absolute Gasteiger partial charge is 0.383 e. The van der Waals surface area contributed by atoms with E-state index >= 15 is 0 Å². The first-order valence-corrected chi connectivity index (χ1v) is 14.5. The number of halogens is 1. The zero-order valence-corrected chi connectivity index (χ0v) is 23.0. The Labute approximate surface area is 225 Å². The van der Waals surface area contributed by atoms with Crippen molar-refractivity contribution in [3.8, 4) is 11.1 Å². The maximum absolute atomic E-state index is 13.7. The fraction of sp³-hybridized carbons (Fsp3) is 0.333. The number of benzene rings is 3. The van der Waals surface area contributed by atoms with Crippen LogP contribution in [0.1, 0.15) is 22.6 Å². The first-order chi connectivity index (χ1) is 17.8. The van der Waals surface area contributed by atoms with Gasteiger partial charge in [-0.1, -0.05) is 78.4 Å². The number of rotatable bonds is 6. The van der Waals surface area contributed by atoms with Crippen molar-refractivity contribution in [3.05, 3.63) is 101 Å². The topological polar surface area (TPSA) is 49.9 Å². The molecule has 37 heavy (non-hydrogen) atoms. The Bertz CT molecular complexity index is 1400. The Hall–Kier alpha value is -2.48. The van der Waals surface area contributed by atoms with Gasteiger partial charge in [0.05, 0.1) is 11.5 Å². The molecule has 3 aromatic carbocycles. The van der Waals surface area contributed by atoms with Gasteiger partial charge in [-0.05, 0) is 53.8 Å². The van der Waals surface area contributed by atoms with Gasteiger partial charge < -0.3 is 4.74 Å². The van der Waals surface area contributed by atoms with Crippen LogP contribution in [-0.4, -0.2) is 63.1 Å². The lowest BCUT2D eigenvalue weighted by Gasteiger charge is -2.56. The average Bonchev–Trinajstić information content (AvgIpc) is 2.87. The van der Waals surface area contributed by atoms with Gasteiger partial charge >= 0.3 is 0 Å². The molecular formula is C30H33ClN2O3S. The van der Waals surface area contributed by atoms with E-state index in [1.165, 1.54) is 5.56 Å². The van der Waals surface area contributed by atoms with Crippen LogP contribution < -0.4 is 0 Å². The molecule has 2 aliphatic heterocycles. The predicted octanol–water partition coefficient (Wildman–Crippen LogP) is 5.67. The standard InChI is InChI=1S/C30H33ClN2O3S/c1-21-9-4-5-12-29(21)37(34,35)32-17-6-7-18-33-27(19-32)30(28(33)20-36-3)24-15-13-23(14-16-24)25-10-8-11-26(31)22(25)2/h4-16,27-28,30H,17-20H2,1-3H3/b7-6-/t27-,28+,30-/m0/s1. The van der Waals surface area contributed by atoms with Gasteiger partial charge in [0.15, 0.2) is 0 Å². The second-order valence-corrected chi connectivity index (χ2v) is 12.2. The zero-order valence-electron chi connectivity index (χ0n) is 21.5. The molecule has 0 unspecified atom stereocenters. The third-order valence-electron chi connectivity index (χ3n) is 7.79. The molecule has 0 spiro atoms. The molecule has 0 aromatic heterocycles. The summed E-state index contributed by atoms with van der Waals surface area (Å²) in [5, 5.41) is 0.758. The van der Waals surface area contributed by atoms with Crippen LogP contribution in [-0.2, 0) is 14.8 Å². The summed E-state index contributed by atoms with van der Waals surface area (Å²) in [6.07, 6.45) is 4.04. The summed E-state index contributed by atoms with van der Waals surface area (Å²) in [6, 6.07) is 22.1. The fourth-order valence-corrected chi connectivity index (χ4v) is 7.58. The predicted molar refractivity (Wildman–Crippen MR) is 150 cm³/mol. The van der Waals surface area contributed by atoms with Crippen LogP contribution in [0.4, 0.5) is 0 Å². The highest BCUT2D eigenvalue weighted by Gasteiger charge is 2.50. The summed E-state index contributed by atoms with van der Waals surface area (Å²) in [6.45, 7) is 6.07. The van der Waals surface area contributed by atoms with E-state index < -0.39 is 10.0 Å². The minimum absolute atomic E-state index is 0.0580. The van der Waals surface area contributed by atoms with Crippen molar-refractivity contribution in [2.75, 3.05) is 33.4 Å². The first kappa shape index (κ1) is 26.1. The Balaban J connectivity index is 1.47. The maximum Gasteiger partial charge on any atom is 0.243 e. The van der Waals surface area contributed by atoms with E-state index in [4.69, 9.17) is 16.3 Å². The van der Waals surface area contributed by atoms with Gasteiger partial charge in [-0.15, -0.1) is 0 Å². The van der Waals surface area contributed by atoms with Gasteiger partial charge in [0.25, 0.3) is 0 Å². The Morgan fingerprint density at radius 2 is 1.68 bits per heavy atom. The third-order valence-corrected chi connectivity index (χ3v) is 10.2. The molecule has 3 atom stereocenters. The highest BCUT2D eigenvalue weighted by atomic mass is 35.5. The lowest BCUT2D eigenvalue weighted by molar-refractivity contribution is -0.0508. The second kappa shape index (κ2) is 10.7. The third kappa shape index (κ3) is 4.89. The quantitative estimate of drug-likeness (QED) is 0.381. The van der Waals surface area contributed by atoms with Crippen molar-refractivity contribution in [1.29, 1.82) is 0 Å². The molecule has 5 rings (SSSR count). The molecule has 1 fully saturated rings. The molecule has 2 heterocycles. The molecule has 1 saturated heterocycles. The van der Waals surface area contributed by atoms with Gasteiger partial charge in [0.2, 0.25) is 10.0 Å². The van der Waals surface area contributed by atoms with Gasteiger partial charge in [-0.25, -0.2) is 8.42 Å². The summed E-state index contributed by atoms with van der Waals surface area (Å²) < 4.78 is 34.6. The zero-order chi connectivity index (χ0) is 26.2. The molecule has 0 amide bonds. The van der Waals surface area contributed by atoms with Crippen molar-refractivity contribution in [2.45, 2.75) is 36.7 Å². The Kier molecular flexibility index (Phi) is 7.57. The molecule has 0 bridgehead atoms. The average molecular weight is 537 g/mol. The minimum atomic E-state index is -3.63. The van der Waals surface area contributed by atoms with Crippen LogP contribution in [0.5, 0.6) is 0 Å². The van der Waals surface area contributed by atoms with E-state index in [1.807, 2.05) is 44.2 Å². The Morgan fingerprint density at radius 3 is 2.41 bits per heavy atom. The molecule has 5 nitrogen and oxygen atoms in total. The van der Waals surface area contributed by atoms with Gasteiger partial charge in [-0.2, -0.15) is 4.31 Å². The number of ether oxygens (including phenoxy) is 1. The molecule has 0 aliphatic carbocycles. The van der Waals surface area contributed by atoms with Crippen LogP contribution in [0.15, 0.2) is 83.8 Å². The van der Waals surface area contributed by atoms with Crippen molar-refractivity contribution >= 4 is 21.6 Å². The van der Waals surface area contributed by atoms with E-state index in [9.17, 15) is 8.42 Å². The van der Waals surface area contributed by atoms with Gasteiger partial charge in [0, 0.05) is 49.8 Å². The SMILES string of the molecule is COC[C@@H]1[C@@H](c2ccc(-c3cccc(Cl)c3C)cc2)[C@@H]2CN(S(=O)(=O)c3ccccc3C)C/C=C\CN12. The lowest BCUT2D eigenvalue weighted by atomic mass is 9.74. The van der Waals surface area contributed by atoms with Gasteiger partial charge in [-0.3, -0.25) is 4.90 Å². The molecule has 0 radical (unpaired) electrons. The summed E-state index contributed by atoms with van der Waals surface area (Å²) in [4.78, 5) is 2.75. The van der Waals surface area contributed by atoms with Crippen molar-refractivity contribution in [1.82, 2.24) is 9.21 Å². The fourth-order valence-electron chi connectivity index (χ4n) is 5.77. The first-order valence-electron chi connectivity index (χ1n) is 12.6. The van der Waals surface area contributed by atoms with Crippen LogP contribution in [0.2, 0.25) is 5.02 Å². The highest BCUT2D eigenvalue weighted by Crippen LogP contribution is 2.43. The van der Waals surface area contributed by atoms with Gasteiger partial charge in [0.1, 0.15) is 0 Å². The van der Waals surface area contributed by atoms with Crippen LogP contribution in [0, 0.1) is 13.8 Å². The van der Waals surface area contributed by atoms with Crippen molar-refractivity contribution in [2.24, 2.45) is 0 Å². The second-order valence-electron chi connectivity index (χ2n) is 9.91. The van der Waals surface area contributed by atoms with Crippen molar-refractivity contribution in [3.63, 3.8) is 0 Å². The van der Waals surface area contributed by atoms with E-state index in [2.05, 4.69) is 41.3 Å². The molecule has 7 heteroatoms. The number of fused-ring (bicyclic) bond motifs is 1. The van der Waals surface area contributed by atoms with E-state index in [-0.39, 0.29) is 18.0 Å². The molecule has 3 aromatic rings. The van der Waals surface area contributed by atoms with Crippen LogP contribution >= 0.6 is 11.6 Å². The number of sulfonamides is 1. The number of hydrogen-bond acceptors (Lipinski definition) is 4. The number of nitrogens with zero attached hydrogens (tertiary/aromatic N) is 2. The van der Waals surface area contributed by atoms with Crippen LogP contribution in [0.3, 0.4) is 0 Å². The number of hydrogen-bond donors (Lipinski definition) is 0. The summed E-state index contributed by atoms with van der Waals surface area (Å²) >= 11 is 6.36. The molecule has 0 N–H and O–H groups in total. The monoisotopic (exact) mass is 536 g/mol. The number of aryl methyl sites for hydroxylation is 1. The normalized spacial score (nSPS) is 23.5.